The highest BCUT2D eigenvalue weighted by atomic mass is 35.5. The quantitative estimate of drug-likeness (QED) is 0.0781. The lowest BCUT2D eigenvalue weighted by Crippen LogP contribution is -2.05. The first-order valence-corrected chi connectivity index (χ1v) is 16.3. The Morgan fingerprint density at radius 1 is 0.680 bits per heavy atom. The van der Waals surface area contributed by atoms with Crippen molar-refractivity contribution in [3.63, 3.8) is 0 Å². The number of halogens is 2. The van der Waals surface area contributed by atoms with E-state index in [9.17, 15) is 0 Å². The largest absolute Gasteiger partial charge is 0.489 e. The van der Waals surface area contributed by atoms with E-state index in [1.807, 2.05) is 88.4 Å². The number of azide groups is 1. The summed E-state index contributed by atoms with van der Waals surface area (Å²) in [7, 11) is 0. The van der Waals surface area contributed by atoms with Gasteiger partial charge in [-0.25, -0.2) is 0 Å². The van der Waals surface area contributed by atoms with Crippen molar-refractivity contribution >= 4 is 23.2 Å². The Morgan fingerprint density at radius 3 is 1.48 bits per heavy atom. The van der Waals surface area contributed by atoms with E-state index in [0.717, 1.165) is 33.4 Å². The van der Waals surface area contributed by atoms with E-state index in [2.05, 4.69) is 30.3 Å². The monoisotopic (exact) mass is 713 g/mol. The van der Waals surface area contributed by atoms with Crippen LogP contribution in [0.3, 0.4) is 0 Å². The molecule has 1 N–H and O–H groups in total. The van der Waals surface area contributed by atoms with Crippen LogP contribution in [0.4, 0.5) is 0 Å². The average Bonchev–Trinajstić information content (AvgIpc) is 3.81. The van der Waals surface area contributed by atoms with Gasteiger partial charge >= 0.3 is 0 Å². The Bertz CT molecular complexity index is 2070. The zero-order chi connectivity index (χ0) is 35.6. The second kappa shape index (κ2) is 16.8. The first-order valence-electron chi connectivity index (χ1n) is 15.5. The number of aliphatic hydroxyl groups excluding tert-OH is 1. The first-order chi connectivity index (χ1) is 24.1. The topological polar surface area (TPSA) is 165 Å². The van der Waals surface area contributed by atoms with E-state index in [-0.39, 0.29) is 18.8 Å². The third-order valence-electron chi connectivity index (χ3n) is 6.86. The Balaban J connectivity index is 0.000000195. The summed E-state index contributed by atoms with van der Waals surface area (Å²) in [5.74, 6) is 2.94. The minimum absolute atomic E-state index is 0.00133. The summed E-state index contributed by atoms with van der Waals surface area (Å²) in [5, 5.41) is 21.6. The van der Waals surface area contributed by atoms with Crippen molar-refractivity contribution in [2.45, 2.75) is 53.1 Å². The predicted molar refractivity (Wildman–Crippen MR) is 191 cm³/mol. The number of hydrogen-bond acceptors (Lipinski definition) is 10. The molecule has 12 nitrogen and oxygen atoms in total. The highest BCUT2D eigenvalue weighted by Gasteiger charge is 2.15. The number of benzene rings is 4. The van der Waals surface area contributed by atoms with Gasteiger partial charge in [0.1, 0.15) is 11.5 Å². The molecule has 0 aliphatic heterocycles. The van der Waals surface area contributed by atoms with Crippen LogP contribution in [0, 0.1) is 0 Å². The molecule has 6 rings (SSSR count). The number of aliphatic hydroxyl groups is 1. The molecule has 0 aliphatic carbocycles. The van der Waals surface area contributed by atoms with Crippen LogP contribution in [0.1, 0.15) is 38.8 Å². The lowest BCUT2D eigenvalue weighted by atomic mass is 10.1. The highest BCUT2D eigenvalue weighted by molar-refractivity contribution is 6.32. The maximum Gasteiger partial charge on any atom is 0.258 e. The van der Waals surface area contributed by atoms with Gasteiger partial charge in [0, 0.05) is 27.2 Å². The van der Waals surface area contributed by atoms with Crippen LogP contribution in [0.5, 0.6) is 11.5 Å². The van der Waals surface area contributed by atoms with Gasteiger partial charge in [0.25, 0.3) is 11.8 Å². The van der Waals surface area contributed by atoms with E-state index in [1.54, 1.807) is 24.3 Å². The molecule has 0 fully saturated rings. The molecule has 0 radical (unpaired) electrons. The van der Waals surface area contributed by atoms with Crippen molar-refractivity contribution in [1.82, 2.24) is 20.3 Å². The number of ether oxygens (including phenoxy) is 2. The predicted octanol–water partition coefficient (Wildman–Crippen LogP) is 9.99. The second-order valence-electron chi connectivity index (χ2n) is 11.4. The normalized spacial score (nSPS) is 10.8. The van der Waals surface area contributed by atoms with Gasteiger partial charge in [0.2, 0.25) is 11.6 Å². The smallest absolute Gasteiger partial charge is 0.258 e. The molecule has 6 aromatic rings. The summed E-state index contributed by atoms with van der Waals surface area (Å²) in [6, 6.07) is 25.4. The van der Waals surface area contributed by atoms with Crippen LogP contribution >= 0.6 is 23.2 Å². The number of rotatable bonds is 11. The molecule has 0 saturated heterocycles. The summed E-state index contributed by atoms with van der Waals surface area (Å²) in [6.07, 6.45) is 0.0870. The maximum absolute atomic E-state index is 9.08. The Morgan fingerprint density at radius 2 is 1.10 bits per heavy atom. The molecule has 50 heavy (non-hydrogen) atoms. The van der Waals surface area contributed by atoms with Crippen LogP contribution in [-0.2, 0) is 13.2 Å². The second-order valence-corrected chi connectivity index (χ2v) is 12.2. The van der Waals surface area contributed by atoms with Gasteiger partial charge in [0.15, 0.2) is 0 Å². The Kier molecular flexibility index (Phi) is 12.1. The van der Waals surface area contributed by atoms with Gasteiger partial charge in [-0.15, -0.1) is 0 Å². The fraction of sp³-hybridized carbons (Fsp3) is 0.222. The molecular formula is C36H33Cl2N7O5. The van der Waals surface area contributed by atoms with Gasteiger partial charge in [-0.3, -0.25) is 0 Å². The summed E-state index contributed by atoms with van der Waals surface area (Å²) in [5.41, 5.74) is 13.1. The summed E-state index contributed by atoms with van der Waals surface area (Å²) >= 11 is 12.5. The molecule has 0 amide bonds. The molecule has 0 bridgehead atoms. The van der Waals surface area contributed by atoms with E-state index in [4.69, 9.17) is 52.4 Å². The molecule has 4 aromatic carbocycles. The Labute approximate surface area is 298 Å². The summed E-state index contributed by atoms with van der Waals surface area (Å²) in [4.78, 5) is 11.6. The zero-order valence-electron chi connectivity index (χ0n) is 27.6. The fourth-order valence-corrected chi connectivity index (χ4v) is 4.96. The molecule has 0 atom stereocenters. The van der Waals surface area contributed by atoms with Gasteiger partial charge in [-0.05, 0) is 105 Å². The third-order valence-corrected chi connectivity index (χ3v) is 7.45. The van der Waals surface area contributed by atoms with Crippen LogP contribution in [0.15, 0.2) is 99.1 Å². The molecular weight excluding hydrogens is 681 g/mol. The van der Waals surface area contributed by atoms with Crippen LogP contribution in [0.25, 0.3) is 56.1 Å². The van der Waals surface area contributed by atoms with E-state index in [0.29, 0.717) is 51.5 Å². The molecule has 0 saturated carbocycles. The van der Waals surface area contributed by atoms with Gasteiger partial charge in [0.05, 0.1) is 35.4 Å². The van der Waals surface area contributed by atoms with E-state index >= 15 is 0 Å². The van der Waals surface area contributed by atoms with Crippen molar-refractivity contribution in [3.8, 4) is 57.2 Å². The molecule has 0 aliphatic rings. The Hall–Kier alpha value is -5.39. The van der Waals surface area contributed by atoms with E-state index in [1.165, 1.54) is 0 Å². The summed E-state index contributed by atoms with van der Waals surface area (Å²) in [6.45, 7) is 8.06. The van der Waals surface area contributed by atoms with Gasteiger partial charge in [-0.2, -0.15) is 9.97 Å². The number of hydrogen-bond donors (Lipinski definition) is 1. The molecule has 0 unspecified atom stereocenters. The lowest BCUT2D eigenvalue weighted by molar-refractivity contribution is 0.242. The highest BCUT2D eigenvalue weighted by Crippen LogP contribution is 2.32. The van der Waals surface area contributed by atoms with Crippen molar-refractivity contribution in [1.29, 1.82) is 0 Å². The maximum atomic E-state index is 9.08. The molecule has 2 aromatic heterocycles. The molecule has 0 spiro atoms. The van der Waals surface area contributed by atoms with Crippen LogP contribution in [-0.4, -0.2) is 37.6 Å². The third kappa shape index (κ3) is 9.40. The zero-order valence-corrected chi connectivity index (χ0v) is 29.1. The molecule has 14 heteroatoms. The minimum atomic E-state index is -0.00133. The van der Waals surface area contributed by atoms with Crippen molar-refractivity contribution in [2.24, 2.45) is 5.11 Å². The average molecular weight is 715 g/mol. The fourth-order valence-electron chi connectivity index (χ4n) is 4.51. The van der Waals surface area contributed by atoms with Crippen molar-refractivity contribution in [2.75, 3.05) is 0 Å². The minimum Gasteiger partial charge on any atom is -0.489 e. The van der Waals surface area contributed by atoms with Crippen LogP contribution < -0.4 is 9.47 Å². The van der Waals surface area contributed by atoms with Crippen molar-refractivity contribution in [3.05, 3.63) is 117 Å². The first kappa shape index (κ1) is 35.9. The standard InChI is InChI=1S/C18H16ClN5O2.C18H17ClN2O3/c1-11(2)25-16-8-7-14(9-15(16)19)17-22-18(26-23-17)13-5-3-12(4-6-13)10-21-24-20;1-11(2)23-16-8-7-14(9-15(16)19)17-20-18(24-21-17)13-5-3-12(10-22)4-6-13/h3-9,11H,10H2,1-2H3;3-9,11,22H,10H2,1-2H3. The molecule has 256 valence electrons. The van der Waals surface area contributed by atoms with E-state index < -0.39 is 0 Å². The lowest BCUT2D eigenvalue weighted by Gasteiger charge is -2.11. The van der Waals surface area contributed by atoms with Gasteiger partial charge < -0.3 is 23.6 Å². The summed E-state index contributed by atoms with van der Waals surface area (Å²) < 4.78 is 21.9. The van der Waals surface area contributed by atoms with Crippen LogP contribution in [0.2, 0.25) is 10.0 Å². The SMILES string of the molecule is CC(C)Oc1ccc(-c2noc(-c3ccc(CN=[N+]=[N-])cc3)n2)cc1Cl.CC(C)Oc1ccc(-c2noc(-c3ccc(CO)cc3)n2)cc1Cl. The van der Waals surface area contributed by atoms with Crippen molar-refractivity contribution < 1.29 is 23.6 Å². The number of aromatic nitrogens is 4. The number of nitrogens with zero attached hydrogens (tertiary/aromatic N) is 7. The van der Waals surface area contributed by atoms with Gasteiger partial charge in [-0.1, -0.05) is 62.9 Å². The molecule has 2 heterocycles.